The fraction of sp³-hybridized carbons (Fsp3) is 0.542. The zero-order chi connectivity index (χ0) is 37.3. The van der Waals surface area contributed by atoms with Crippen molar-refractivity contribution in [3.05, 3.63) is 111 Å². The Morgan fingerprint density at radius 3 is 0.755 bits per heavy atom. The second kappa shape index (κ2) is 17.2. The van der Waals surface area contributed by atoms with Gasteiger partial charge in [0, 0.05) is 0 Å². The Morgan fingerprint density at radius 1 is 0.396 bits per heavy atom. The van der Waals surface area contributed by atoms with Gasteiger partial charge in [0.2, 0.25) is 0 Å². The van der Waals surface area contributed by atoms with Crippen LogP contribution in [0.4, 0.5) is 0 Å². The topological polar surface area (TPSA) is 0 Å². The Labute approximate surface area is 361 Å². The van der Waals surface area contributed by atoms with Gasteiger partial charge in [0.15, 0.2) is 0 Å². The first kappa shape index (κ1) is 51.9. The number of hydrogen-bond acceptors (Lipinski definition) is 0. The molecule has 1 aliphatic carbocycles. The van der Waals surface area contributed by atoms with Crippen molar-refractivity contribution in [3.63, 3.8) is 0 Å². The molecule has 3 aromatic rings. The minimum absolute atomic E-state index is 0. The van der Waals surface area contributed by atoms with Gasteiger partial charge in [0.25, 0.3) is 0 Å². The molecule has 0 nitrogen and oxygen atoms in total. The molecule has 0 atom stereocenters. The molecule has 0 bridgehead atoms. The average molecular weight is 828 g/mol. The van der Waals surface area contributed by atoms with E-state index >= 15 is 0 Å². The van der Waals surface area contributed by atoms with E-state index < -0.39 is 8.07 Å². The second-order valence-corrected chi connectivity index (χ2v) is 25.1. The van der Waals surface area contributed by atoms with Gasteiger partial charge < -0.3 is 37.2 Å². The first-order valence-electron chi connectivity index (χ1n) is 18.7. The van der Waals surface area contributed by atoms with Gasteiger partial charge in [0.05, 0.1) is 8.07 Å². The molecule has 0 spiro atoms. The monoisotopic (exact) mass is 826 g/mol. The molecule has 0 saturated heterocycles. The minimum Gasteiger partial charge on any atom is -1.00 e. The summed E-state index contributed by atoms with van der Waals surface area (Å²) in [5.41, 5.74) is 9.90. The van der Waals surface area contributed by atoms with E-state index in [9.17, 15) is 0 Å². The number of rotatable bonds is 4. The number of allylic oxidation sites excluding steroid dienone is 4. The van der Waals surface area contributed by atoms with Gasteiger partial charge in [-0.15, -0.1) is 0 Å². The first-order chi connectivity index (χ1) is 22.0. The van der Waals surface area contributed by atoms with Crippen LogP contribution in [0.3, 0.4) is 0 Å². The van der Waals surface area contributed by atoms with Gasteiger partial charge in [-0.25, -0.2) is 10.8 Å². The van der Waals surface area contributed by atoms with Crippen LogP contribution in [0.15, 0.2) is 71.4 Å². The molecule has 0 amide bonds. The predicted molar refractivity (Wildman–Crippen MR) is 221 cm³/mol. The molecule has 0 aliphatic heterocycles. The Kier molecular flexibility index (Phi) is 16.9. The summed E-state index contributed by atoms with van der Waals surface area (Å²) >= 11 is 0. The summed E-state index contributed by atoms with van der Waals surface area (Å²) in [6.45, 7) is 45.2. The number of hydrogen-bond donors (Lipinski definition) is 0. The first-order valence-corrected chi connectivity index (χ1v) is 20.7. The SMILES string of the molecule is CC1=C([Si](c2cc(C(C)(C)C)cc(C(C)(C)C)c2)(c2cc(C(C)(C)C)cc(C(C)(C)C)c2)c2cc(C(C)(C)C)cc(C(C)(C)C)c2)CC=[C-]1.[Cl-].[Cl-].[Cl-].[Ti+4]. The van der Waals surface area contributed by atoms with E-state index in [0.29, 0.717) is 0 Å². The summed E-state index contributed by atoms with van der Waals surface area (Å²) in [5.74, 6) is 0. The maximum Gasteiger partial charge on any atom is 4.00 e. The van der Waals surface area contributed by atoms with Crippen LogP contribution in [-0.4, -0.2) is 8.07 Å². The molecule has 0 aromatic heterocycles. The molecule has 0 saturated carbocycles. The third-order valence-corrected chi connectivity index (χ3v) is 15.8. The summed E-state index contributed by atoms with van der Waals surface area (Å²) in [7, 11) is -2.93. The van der Waals surface area contributed by atoms with E-state index in [-0.39, 0.29) is 91.4 Å². The van der Waals surface area contributed by atoms with Crippen LogP contribution in [0.1, 0.15) is 171 Å². The van der Waals surface area contributed by atoms with Gasteiger partial charge in [0.1, 0.15) is 0 Å². The van der Waals surface area contributed by atoms with Crippen LogP contribution in [0.5, 0.6) is 0 Å². The Bertz CT molecular complexity index is 1510. The Morgan fingerprint density at radius 2 is 0.604 bits per heavy atom. The third kappa shape index (κ3) is 11.1. The smallest absolute Gasteiger partial charge is 1.00 e. The van der Waals surface area contributed by atoms with Gasteiger partial charge in [-0.05, 0) is 65.9 Å². The van der Waals surface area contributed by atoms with E-state index in [4.69, 9.17) is 0 Å². The molecule has 0 unspecified atom stereocenters. The van der Waals surface area contributed by atoms with E-state index in [1.54, 1.807) is 5.20 Å². The Hall–Kier alpha value is -1.06. The van der Waals surface area contributed by atoms with Crippen molar-refractivity contribution < 1.29 is 58.9 Å². The zero-order valence-electron chi connectivity index (χ0n) is 36.6. The molecule has 53 heavy (non-hydrogen) atoms. The van der Waals surface area contributed by atoms with Crippen molar-refractivity contribution in [3.8, 4) is 0 Å². The fourth-order valence-electron chi connectivity index (χ4n) is 7.13. The number of benzene rings is 3. The molecule has 0 heterocycles. The standard InChI is InChI=1S/C48H69Si.3ClH.Ti/c1-32-21-20-22-42(32)49(39-26-33(43(2,3)4)23-34(27-39)44(5,6)7,40-28-35(45(8,9)10)24-36(29-40)46(11,12)13)41-30-37(47(14,15)16)25-38(31-41)48(17,18)19;;;;/h20,23-31H,22H2,1-19H3;3*1H;/q-1;;;;+4/p-3. The normalized spacial score (nSPS) is 14.2. The summed E-state index contributed by atoms with van der Waals surface area (Å²) < 4.78 is 0. The summed E-state index contributed by atoms with van der Waals surface area (Å²) in [5, 5.41) is 6.10. The van der Waals surface area contributed by atoms with Crippen molar-refractivity contribution >= 4 is 23.6 Å². The Balaban J connectivity index is 0.00000676. The predicted octanol–water partition coefficient (Wildman–Crippen LogP) is 2.57. The molecule has 0 N–H and O–H groups in total. The summed E-state index contributed by atoms with van der Waals surface area (Å²) in [6.07, 6.45) is 6.99. The molecule has 4 rings (SSSR count). The van der Waals surface area contributed by atoms with Crippen LogP contribution in [-0.2, 0) is 54.2 Å². The van der Waals surface area contributed by atoms with Crippen molar-refractivity contribution in [2.75, 3.05) is 0 Å². The number of halogens is 3. The van der Waals surface area contributed by atoms with Gasteiger partial charge in [-0.3, -0.25) is 6.08 Å². The van der Waals surface area contributed by atoms with Gasteiger partial charge in [-0.1, -0.05) is 208 Å². The molecule has 1 aliphatic rings. The fourth-order valence-corrected chi connectivity index (χ4v) is 12.5. The molecular weight excluding hydrogens is 759 g/mol. The molecule has 290 valence electrons. The summed E-state index contributed by atoms with van der Waals surface area (Å²) in [6, 6.07) is 23.3. The van der Waals surface area contributed by atoms with Crippen LogP contribution in [0.25, 0.3) is 0 Å². The maximum absolute atomic E-state index is 3.74. The molecular formula is C48H69Cl3SiTi. The van der Waals surface area contributed by atoms with Crippen LogP contribution in [0, 0.1) is 6.08 Å². The minimum atomic E-state index is -2.93. The largest absolute Gasteiger partial charge is 4.00 e. The van der Waals surface area contributed by atoms with E-state index in [2.05, 4.69) is 198 Å². The van der Waals surface area contributed by atoms with Gasteiger partial charge >= 0.3 is 21.7 Å². The van der Waals surface area contributed by atoms with Gasteiger partial charge in [-0.2, -0.15) is 6.08 Å². The maximum atomic E-state index is 3.74. The third-order valence-electron chi connectivity index (χ3n) is 10.8. The van der Waals surface area contributed by atoms with Crippen molar-refractivity contribution in [1.29, 1.82) is 0 Å². The summed E-state index contributed by atoms with van der Waals surface area (Å²) in [4.78, 5) is 0. The molecule has 3 aromatic carbocycles. The van der Waals surface area contributed by atoms with Crippen LogP contribution in [0.2, 0.25) is 0 Å². The van der Waals surface area contributed by atoms with Crippen molar-refractivity contribution in [2.45, 2.75) is 170 Å². The van der Waals surface area contributed by atoms with Crippen molar-refractivity contribution in [2.24, 2.45) is 0 Å². The van der Waals surface area contributed by atoms with E-state index in [1.807, 2.05) is 0 Å². The van der Waals surface area contributed by atoms with E-state index in [1.165, 1.54) is 54.5 Å². The molecule has 0 fully saturated rings. The van der Waals surface area contributed by atoms with Crippen LogP contribution >= 0.6 is 0 Å². The van der Waals surface area contributed by atoms with Crippen LogP contribution < -0.4 is 52.8 Å². The zero-order valence-corrected chi connectivity index (χ0v) is 41.4. The molecule has 0 radical (unpaired) electrons. The van der Waals surface area contributed by atoms with E-state index in [0.717, 1.165) is 6.42 Å². The van der Waals surface area contributed by atoms with Crippen molar-refractivity contribution in [1.82, 2.24) is 0 Å². The quantitative estimate of drug-likeness (QED) is 0.216. The average Bonchev–Trinajstić information content (AvgIpc) is 3.36. The molecule has 5 heteroatoms. The second-order valence-electron chi connectivity index (χ2n) is 21.3.